The van der Waals surface area contributed by atoms with Crippen LogP contribution < -0.4 is 4.74 Å². The monoisotopic (exact) mass is 292 g/mol. The number of carbonyl (C=O) groups is 1. The van der Waals surface area contributed by atoms with Crippen molar-refractivity contribution in [1.29, 1.82) is 0 Å². The molecule has 2 aromatic carbocycles. The quantitative estimate of drug-likeness (QED) is 0.778. The van der Waals surface area contributed by atoms with E-state index in [1.165, 1.54) is 19.2 Å². The van der Waals surface area contributed by atoms with Crippen molar-refractivity contribution in [2.24, 2.45) is 0 Å². The molecular weight excluding hydrogens is 278 g/mol. The first-order valence-corrected chi connectivity index (χ1v) is 6.27. The first-order chi connectivity index (χ1) is 10.0. The fraction of sp³-hybridized carbons (Fsp3) is 0.188. The summed E-state index contributed by atoms with van der Waals surface area (Å²) in [7, 11) is 1.27. The summed E-state index contributed by atoms with van der Waals surface area (Å²) in [5.41, 5.74) is 0.705. The number of methoxy groups -OCH3 is 1. The van der Waals surface area contributed by atoms with Gasteiger partial charge < -0.3 is 9.47 Å². The van der Waals surface area contributed by atoms with Crippen molar-refractivity contribution in [1.82, 2.24) is 0 Å². The van der Waals surface area contributed by atoms with Crippen LogP contribution in [-0.2, 0) is 4.74 Å². The van der Waals surface area contributed by atoms with E-state index in [2.05, 4.69) is 4.74 Å². The van der Waals surface area contributed by atoms with Crippen LogP contribution in [0.25, 0.3) is 0 Å². The lowest BCUT2D eigenvalue weighted by atomic mass is 10.1. The molecule has 0 aliphatic carbocycles. The molecule has 0 aliphatic heterocycles. The van der Waals surface area contributed by atoms with E-state index in [1.807, 2.05) is 0 Å². The molecule has 0 radical (unpaired) electrons. The Kier molecular flexibility index (Phi) is 4.52. The molecule has 0 bridgehead atoms. The van der Waals surface area contributed by atoms with Gasteiger partial charge in [-0.05, 0) is 36.8 Å². The maximum absolute atomic E-state index is 13.0. The van der Waals surface area contributed by atoms with Gasteiger partial charge in [0.15, 0.2) is 0 Å². The number of esters is 1. The molecule has 3 nitrogen and oxygen atoms in total. The van der Waals surface area contributed by atoms with E-state index in [9.17, 15) is 13.6 Å². The van der Waals surface area contributed by atoms with E-state index in [4.69, 9.17) is 4.74 Å². The Morgan fingerprint density at radius 2 is 1.86 bits per heavy atom. The van der Waals surface area contributed by atoms with Crippen molar-refractivity contribution in [3.05, 3.63) is 59.2 Å². The van der Waals surface area contributed by atoms with Gasteiger partial charge in [-0.15, -0.1) is 0 Å². The summed E-state index contributed by atoms with van der Waals surface area (Å²) in [6.45, 7) is 1.69. The van der Waals surface area contributed by atoms with Crippen molar-refractivity contribution in [2.75, 3.05) is 7.11 Å². The van der Waals surface area contributed by atoms with Gasteiger partial charge in [-0.25, -0.2) is 13.6 Å². The van der Waals surface area contributed by atoms with Crippen molar-refractivity contribution >= 4 is 5.97 Å². The molecule has 0 aromatic heterocycles. The van der Waals surface area contributed by atoms with E-state index in [0.29, 0.717) is 16.9 Å². The lowest BCUT2D eigenvalue weighted by Gasteiger charge is -2.13. The number of alkyl halides is 2. The first-order valence-electron chi connectivity index (χ1n) is 6.27. The highest BCUT2D eigenvalue weighted by molar-refractivity contribution is 5.89. The summed E-state index contributed by atoms with van der Waals surface area (Å²) < 4.78 is 36.2. The molecule has 0 unspecified atom stereocenters. The van der Waals surface area contributed by atoms with Gasteiger partial charge in [0, 0.05) is 0 Å². The second-order valence-electron chi connectivity index (χ2n) is 4.42. The van der Waals surface area contributed by atoms with Crippen molar-refractivity contribution in [3.8, 4) is 11.5 Å². The van der Waals surface area contributed by atoms with E-state index >= 15 is 0 Å². The highest BCUT2D eigenvalue weighted by Gasteiger charge is 2.17. The summed E-state index contributed by atoms with van der Waals surface area (Å²) in [6.07, 6.45) is -2.64. The molecule has 0 heterocycles. The highest BCUT2D eigenvalue weighted by Crippen LogP contribution is 2.35. The second kappa shape index (κ2) is 6.35. The van der Waals surface area contributed by atoms with E-state index in [0.717, 1.165) is 0 Å². The summed E-state index contributed by atoms with van der Waals surface area (Å²) >= 11 is 0. The molecule has 0 atom stereocenters. The Balaban J connectivity index is 2.37. The zero-order chi connectivity index (χ0) is 15.4. The maximum atomic E-state index is 13.0. The molecule has 110 valence electrons. The normalized spacial score (nSPS) is 10.5. The minimum absolute atomic E-state index is 0.106. The van der Waals surface area contributed by atoms with Gasteiger partial charge in [0.25, 0.3) is 6.43 Å². The third-order valence-electron chi connectivity index (χ3n) is 2.95. The second-order valence-corrected chi connectivity index (χ2v) is 4.42. The van der Waals surface area contributed by atoms with E-state index in [1.54, 1.807) is 37.3 Å². The standard InChI is InChI=1S/C16H14F2O3/c1-10-5-3-8-13(15(17)18)14(10)21-12-7-4-6-11(9-12)16(19)20-2/h3-9,15H,1-2H3. The third kappa shape index (κ3) is 3.37. The fourth-order valence-corrected chi connectivity index (χ4v) is 1.91. The Morgan fingerprint density at radius 3 is 2.52 bits per heavy atom. The largest absolute Gasteiger partial charge is 0.465 e. The van der Waals surface area contributed by atoms with Crippen LogP contribution in [-0.4, -0.2) is 13.1 Å². The molecule has 0 N–H and O–H groups in total. The number of hydrogen-bond donors (Lipinski definition) is 0. The Hall–Kier alpha value is -2.43. The zero-order valence-corrected chi connectivity index (χ0v) is 11.6. The molecule has 0 saturated carbocycles. The van der Waals surface area contributed by atoms with Gasteiger partial charge in [-0.2, -0.15) is 0 Å². The predicted octanol–water partition coefficient (Wildman–Crippen LogP) is 4.51. The minimum atomic E-state index is -2.64. The Bertz CT molecular complexity index is 654. The average molecular weight is 292 g/mol. The van der Waals surface area contributed by atoms with Gasteiger partial charge in [-0.1, -0.05) is 18.2 Å². The number of hydrogen-bond acceptors (Lipinski definition) is 3. The van der Waals surface area contributed by atoms with Crippen LogP contribution in [0.4, 0.5) is 8.78 Å². The smallest absolute Gasteiger partial charge is 0.337 e. The first kappa shape index (κ1) is 15.0. The number of benzene rings is 2. The summed E-state index contributed by atoms with van der Waals surface area (Å²) in [4.78, 5) is 11.5. The lowest BCUT2D eigenvalue weighted by Crippen LogP contribution is -2.01. The summed E-state index contributed by atoms with van der Waals surface area (Å²) in [5, 5.41) is 0. The fourth-order valence-electron chi connectivity index (χ4n) is 1.91. The van der Waals surface area contributed by atoms with Crippen LogP contribution in [0.15, 0.2) is 42.5 Å². The predicted molar refractivity (Wildman–Crippen MR) is 74.0 cm³/mol. The van der Waals surface area contributed by atoms with E-state index in [-0.39, 0.29) is 11.3 Å². The minimum Gasteiger partial charge on any atom is -0.465 e. The van der Waals surface area contributed by atoms with Crippen LogP contribution in [0.5, 0.6) is 11.5 Å². The molecule has 2 rings (SSSR count). The topological polar surface area (TPSA) is 35.5 Å². The molecule has 0 fully saturated rings. The zero-order valence-electron chi connectivity index (χ0n) is 11.6. The lowest BCUT2D eigenvalue weighted by molar-refractivity contribution is 0.0600. The Labute approximate surface area is 121 Å². The number of rotatable bonds is 4. The van der Waals surface area contributed by atoms with Crippen LogP contribution in [0.3, 0.4) is 0 Å². The number of para-hydroxylation sites is 1. The summed E-state index contributed by atoms with van der Waals surface area (Å²) in [6, 6.07) is 10.8. The van der Waals surface area contributed by atoms with Gasteiger partial charge in [0.2, 0.25) is 0 Å². The molecule has 5 heteroatoms. The van der Waals surface area contributed by atoms with Crippen LogP contribution in [0.1, 0.15) is 27.9 Å². The number of halogens is 2. The SMILES string of the molecule is COC(=O)c1cccc(Oc2c(C)cccc2C(F)F)c1. The van der Waals surface area contributed by atoms with Crippen LogP contribution >= 0.6 is 0 Å². The molecule has 0 amide bonds. The van der Waals surface area contributed by atoms with E-state index < -0.39 is 12.4 Å². The molecule has 2 aromatic rings. The van der Waals surface area contributed by atoms with Gasteiger partial charge in [0.05, 0.1) is 18.2 Å². The summed E-state index contributed by atoms with van der Waals surface area (Å²) in [5.74, 6) is -0.108. The van der Waals surface area contributed by atoms with Gasteiger partial charge >= 0.3 is 5.97 Å². The highest BCUT2D eigenvalue weighted by atomic mass is 19.3. The molecule has 0 saturated heterocycles. The Morgan fingerprint density at radius 1 is 1.14 bits per heavy atom. The number of aryl methyl sites for hydroxylation is 1. The number of ether oxygens (including phenoxy) is 2. The molecule has 21 heavy (non-hydrogen) atoms. The van der Waals surface area contributed by atoms with Gasteiger partial charge in [0.1, 0.15) is 11.5 Å². The molecule has 0 aliphatic rings. The number of carbonyl (C=O) groups excluding carboxylic acids is 1. The molecule has 0 spiro atoms. The van der Waals surface area contributed by atoms with Crippen LogP contribution in [0.2, 0.25) is 0 Å². The van der Waals surface area contributed by atoms with Gasteiger partial charge in [-0.3, -0.25) is 0 Å². The average Bonchev–Trinajstić information content (AvgIpc) is 2.48. The van der Waals surface area contributed by atoms with Crippen molar-refractivity contribution in [2.45, 2.75) is 13.3 Å². The van der Waals surface area contributed by atoms with Crippen LogP contribution in [0, 0.1) is 6.92 Å². The van der Waals surface area contributed by atoms with Crippen molar-refractivity contribution in [3.63, 3.8) is 0 Å². The maximum Gasteiger partial charge on any atom is 0.337 e. The van der Waals surface area contributed by atoms with Crippen molar-refractivity contribution < 1.29 is 23.0 Å². The molecular formula is C16H14F2O3. The third-order valence-corrected chi connectivity index (χ3v) is 2.95.